The second-order valence-corrected chi connectivity index (χ2v) is 2.62. The minimum Gasteiger partial charge on any atom is -0.748 e. The van der Waals surface area contributed by atoms with E-state index in [4.69, 9.17) is 9.47 Å². The molecule has 0 heterocycles. The number of hydrogen-bond donors (Lipinski definition) is 0. The summed E-state index contributed by atoms with van der Waals surface area (Å²) in [5, 5.41) is 0. The summed E-state index contributed by atoms with van der Waals surface area (Å²) >= 11 is 0. The van der Waals surface area contributed by atoms with E-state index >= 15 is 0 Å². The van der Waals surface area contributed by atoms with Gasteiger partial charge in [-0.05, 0) is 0 Å². The fraction of sp³-hybridized carbons (Fsp3) is 0.167. The van der Waals surface area contributed by atoms with Gasteiger partial charge in [0.05, 0.1) is 14.2 Å². The molecule has 0 radical (unpaired) electrons. The molecule has 0 fully saturated rings. The Morgan fingerprint density at radius 3 is 1.93 bits per heavy atom. The number of ether oxygens (including phenoxy) is 2. The van der Waals surface area contributed by atoms with Crippen LogP contribution in [-0.4, -0.2) is 14.2 Å². The Bertz CT molecular complexity index is 289. The zero-order valence-corrected chi connectivity index (χ0v) is 9.89. The van der Waals surface area contributed by atoms with E-state index in [1.807, 2.05) is 48.5 Å². The van der Waals surface area contributed by atoms with Crippen LogP contribution >= 0.6 is 0 Å². The fourth-order valence-electron chi connectivity index (χ4n) is 1.05. The Labute approximate surface area is 101 Å². The SMILES string of the molecule is COc1ccc[c-]1OC.[Fe].[cH-]1[cH-][cH-][cH-][cH-]1. The summed E-state index contributed by atoms with van der Waals surface area (Å²) in [5.74, 6) is 1.58. The van der Waals surface area contributed by atoms with E-state index in [1.165, 1.54) is 0 Å². The van der Waals surface area contributed by atoms with Crippen LogP contribution in [0.15, 0.2) is 48.5 Å². The Morgan fingerprint density at radius 1 is 1.07 bits per heavy atom. The van der Waals surface area contributed by atoms with Crippen molar-refractivity contribution >= 4 is 0 Å². The first-order chi connectivity index (χ1) is 6.88. The van der Waals surface area contributed by atoms with Gasteiger partial charge in [0.15, 0.2) is 0 Å². The fourth-order valence-corrected chi connectivity index (χ4v) is 1.05. The molecule has 0 unspecified atom stereocenters. The molecular formula is C12H14FeO2-6. The van der Waals surface area contributed by atoms with Gasteiger partial charge in [0, 0.05) is 28.6 Å². The van der Waals surface area contributed by atoms with E-state index in [1.54, 1.807) is 14.2 Å². The summed E-state index contributed by atoms with van der Waals surface area (Å²) in [6, 6.07) is 15.6. The summed E-state index contributed by atoms with van der Waals surface area (Å²) in [6.45, 7) is 0. The topological polar surface area (TPSA) is 18.5 Å². The second-order valence-electron chi connectivity index (χ2n) is 2.62. The molecule has 0 bridgehead atoms. The molecule has 0 aromatic heterocycles. The van der Waals surface area contributed by atoms with Gasteiger partial charge in [0.2, 0.25) is 0 Å². The van der Waals surface area contributed by atoms with Crippen LogP contribution in [0.3, 0.4) is 0 Å². The predicted octanol–water partition coefficient (Wildman–Crippen LogP) is 2.83. The Morgan fingerprint density at radius 2 is 1.60 bits per heavy atom. The van der Waals surface area contributed by atoms with Crippen LogP contribution in [0, 0.1) is 0 Å². The molecule has 88 valence electrons. The van der Waals surface area contributed by atoms with Crippen LogP contribution in [0.1, 0.15) is 0 Å². The van der Waals surface area contributed by atoms with Gasteiger partial charge in [0.1, 0.15) is 0 Å². The smallest absolute Gasteiger partial charge is 0.0745 e. The molecule has 15 heavy (non-hydrogen) atoms. The van der Waals surface area contributed by atoms with Gasteiger partial charge in [-0.3, -0.25) is 0 Å². The normalized spacial score (nSPS) is 8.13. The Kier molecular flexibility index (Phi) is 7.51. The quantitative estimate of drug-likeness (QED) is 0.599. The molecule has 3 heteroatoms. The third-order valence-corrected chi connectivity index (χ3v) is 1.73. The molecule has 0 saturated carbocycles. The van der Waals surface area contributed by atoms with Crippen molar-refractivity contribution in [1.82, 2.24) is 0 Å². The molecule has 0 atom stereocenters. The van der Waals surface area contributed by atoms with Crippen LogP contribution in [0.2, 0.25) is 0 Å². The molecule has 0 amide bonds. The Hall–Kier alpha value is -1.18. The van der Waals surface area contributed by atoms with Crippen molar-refractivity contribution in [3.8, 4) is 11.5 Å². The van der Waals surface area contributed by atoms with Crippen LogP contribution in [0.25, 0.3) is 0 Å². The Balaban J connectivity index is 0.000000280. The molecule has 2 aromatic rings. The first-order valence-corrected chi connectivity index (χ1v) is 4.39. The summed E-state index contributed by atoms with van der Waals surface area (Å²) in [7, 11) is 3.25. The first-order valence-electron chi connectivity index (χ1n) is 4.39. The van der Waals surface area contributed by atoms with E-state index in [0.29, 0.717) is 0 Å². The molecule has 0 N–H and O–H groups in total. The van der Waals surface area contributed by atoms with Crippen LogP contribution in [0.4, 0.5) is 0 Å². The molecule has 0 saturated heterocycles. The third kappa shape index (κ3) is 4.73. The van der Waals surface area contributed by atoms with Crippen molar-refractivity contribution in [2.75, 3.05) is 14.2 Å². The van der Waals surface area contributed by atoms with Crippen LogP contribution < -0.4 is 9.47 Å². The average molecular weight is 246 g/mol. The van der Waals surface area contributed by atoms with Crippen molar-refractivity contribution in [3.63, 3.8) is 0 Å². The van der Waals surface area contributed by atoms with E-state index in [2.05, 4.69) is 0 Å². The molecule has 0 aliphatic carbocycles. The minimum atomic E-state index is 0. The summed E-state index contributed by atoms with van der Waals surface area (Å²) in [6.07, 6.45) is 0. The predicted molar refractivity (Wildman–Crippen MR) is 57.2 cm³/mol. The maximum absolute atomic E-state index is 4.95. The molecule has 2 rings (SSSR count). The maximum Gasteiger partial charge on any atom is 0.0745 e. The monoisotopic (exact) mass is 246 g/mol. The largest absolute Gasteiger partial charge is 0.748 e. The van der Waals surface area contributed by atoms with Crippen LogP contribution in [-0.2, 0) is 17.1 Å². The van der Waals surface area contributed by atoms with E-state index in [9.17, 15) is 0 Å². The third-order valence-electron chi connectivity index (χ3n) is 1.73. The van der Waals surface area contributed by atoms with E-state index in [-0.39, 0.29) is 17.1 Å². The van der Waals surface area contributed by atoms with Crippen molar-refractivity contribution < 1.29 is 26.5 Å². The molecule has 0 aliphatic rings. The van der Waals surface area contributed by atoms with Gasteiger partial charge in [-0.2, -0.15) is 6.07 Å². The maximum atomic E-state index is 4.95. The van der Waals surface area contributed by atoms with Gasteiger partial charge >= 0.3 is 0 Å². The average Bonchev–Trinajstić information content (AvgIpc) is 2.91. The van der Waals surface area contributed by atoms with Crippen molar-refractivity contribution in [2.45, 2.75) is 0 Å². The number of methoxy groups -OCH3 is 2. The van der Waals surface area contributed by atoms with Crippen LogP contribution in [0.5, 0.6) is 11.5 Å². The standard InChI is InChI=1S/C7H9O2.C5H5.Fe/c1-8-6-4-3-5-7(6)9-2;1-2-4-5-3-1;/h3-5H,1-2H3;1-5H;/q-1;-5;. The summed E-state index contributed by atoms with van der Waals surface area (Å²) in [5.41, 5.74) is 0. The molecule has 2 aromatic carbocycles. The number of rotatable bonds is 2. The molecule has 2 nitrogen and oxygen atoms in total. The molecular weight excluding hydrogens is 232 g/mol. The van der Waals surface area contributed by atoms with E-state index in [0.717, 1.165) is 11.5 Å². The van der Waals surface area contributed by atoms with Gasteiger partial charge < -0.3 is 39.8 Å². The zero-order chi connectivity index (χ0) is 10.2. The van der Waals surface area contributed by atoms with Crippen molar-refractivity contribution in [2.24, 2.45) is 0 Å². The molecule has 0 aliphatic heterocycles. The number of hydrogen-bond acceptors (Lipinski definition) is 2. The summed E-state index contributed by atoms with van der Waals surface area (Å²) < 4.78 is 9.90. The van der Waals surface area contributed by atoms with Gasteiger partial charge in [-0.25, -0.2) is 6.07 Å². The van der Waals surface area contributed by atoms with Gasteiger partial charge in [-0.1, -0.05) is 0 Å². The first kappa shape index (κ1) is 13.8. The second kappa shape index (κ2) is 8.15. The van der Waals surface area contributed by atoms with Gasteiger partial charge in [0.25, 0.3) is 0 Å². The van der Waals surface area contributed by atoms with Crippen molar-refractivity contribution in [1.29, 1.82) is 0 Å². The summed E-state index contributed by atoms with van der Waals surface area (Å²) in [4.78, 5) is 0. The minimum absolute atomic E-state index is 0. The zero-order valence-electron chi connectivity index (χ0n) is 8.79. The van der Waals surface area contributed by atoms with Gasteiger partial charge in [-0.15, -0.1) is 6.07 Å². The molecule has 0 spiro atoms. The van der Waals surface area contributed by atoms with E-state index < -0.39 is 0 Å². The van der Waals surface area contributed by atoms with Crippen molar-refractivity contribution in [3.05, 3.63) is 48.5 Å².